The molecule has 0 bridgehead atoms. The van der Waals surface area contributed by atoms with E-state index in [2.05, 4.69) is 10.2 Å². The van der Waals surface area contributed by atoms with E-state index in [1.54, 1.807) is 0 Å². The summed E-state index contributed by atoms with van der Waals surface area (Å²) < 4.78 is 0. The average molecular weight is 251 g/mol. The second kappa shape index (κ2) is 4.22. The Morgan fingerprint density at radius 3 is 3.06 bits per heavy atom. The van der Waals surface area contributed by atoms with Crippen LogP contribution in [0.3, 0.4) is 0 Å². The summed E-state index contributed by atoms with van der Waals surface area (Å²) in [5.74, 6) is 0.113. The van der Waals surface area contributed by atoms with Crippen LogP contribution in [-0.4, -0.2) is 18.5 Å². The molecule has 1 atom stereocenters. The van der Waals surface area contributed by atoms with Crippen molar-refractivity contribution in [3.8, 4) is 0 Å². The Kier molecular flexibility index (Phi) is 2.71. The van der Waals surface area contributed by atoms with Crippen LogP contribution in [-0.2, 0) is 4.79 Å². The van der Waals surface area contributed by atoms with Crippen molar-refractivity contribution in [1.82, 2.24) is 0 Å². The van der Waals surface area contributed by atoms with Gasteiger partial charge in [0.05, 0.1) is 11.4 Å². The van der Waals surface area contributed by atoms with Crippen molar-refractivity contribution >= 4 is 28.9 Å². The highest BCUT2D eigenvalue weighted by Crippen LogP contribution is 2.36. The molecule has 1 aromatic carbocycles. The van der Waals surface area contributed by atoms with Gasteiger partial charge in [0.1, 0.15) is 6.04 Å². The molecule has 17 heavy (non-hydrogen) atoms. The fourth-order valence-corrected chi connectivity index (χ4v) is 2.92. The summed E-state index contributed by atoms with van der Waals surface area (Å²) >= 11 is 5.96. The molecule has 1 unspecified atom stereocenters. The van der Waals surface area contributed by atoms with Gasteiger partial charge in [0.25, 0.3) is 0 Å². The summed E-state index contributed by atoms with van der Waals surface area (Å²) in [6.07, 6.45) is 4.46. The van der Waals surface area contributed by atoms with Crippen LogP contribution in [0.1, 0.15) is 25.7 Å². The quantitative estimate of drug-likeness (QED) is 0.768. The summed E-state index contributed by atoms with van der Waals surface area (Å²) in [6, 6.07) is 5.73. The maximum Gasteiger partial charge on any atom is 0.247 e. The van der Waals surface area contributed by atoms with E-state index < -0.39 is 0 Å². The molecule has 90 valence electrons. The first kappa shape index (κ1) is 10.9. The summed E-state index contributed by atoms with van der Waals surface area (Å²) in [5, 5.41) is 3.63. The number of rotatable bonds is 0. The van der Waals surface area contributed by atoms with Crippen molar-refractivity contribution in [3.05, 3.63) is 23.2 Å². The summed E-state index contributed by atoms with van der Waals surface area (Å²) in [6.45, 7) is 0.965. The molecule has 0 spiro atoms. The zero-order valence-corrected chi connectivity index (χ0v) is 10.3. The molecule has 1 N–H and O–H groups in total. The number of hydrogen-bond donors (Lipinski definition) is 1. The van der Waals surface area contributed by atoms with Gasteiger partial charge in [-0.2, -0.15) is 0 Å². The molecule has 3 rings (SSSR count). The molecule has 0 radical (unpaired) electrons. The Labute approximate surface area is 106 Å². The minimum absolute atomic E-state index is 0.00572. The van der Waals surface area contributed by atoms with Crippen molar-refractivity contribution < 1.29 is 4.79 Å². The highest BCUT2D eigenvalue weighted by atomic mass is 35.5. The molecule has 0 aliphatic carbocycles. The molecule has 0 aromatic heterocycles. The minimum atomic E-state index is 0.00572. The van der Waals surface area contributed by atoms with Crippen LogP contribution in [0, 0.1) is 0 Å². The van der Waals surface area contributed by atoms with E-state index in [1.165, 1.54) is 6.42 Å². The number of halogens is 1. The predicted molar refractivity (Wildman–Crippen MR) is 69.7 cm³/mol. The minimum Gasteiger partial charge on any atom is -0.358 e. The van der Waals surface area contributed by atoms with Crippen LogP contribution >= 0.6 is 11.6 Å². The van der Waals surface area contributed by atoms with Crippen LogP contribution in [0.25, 0.3) is 0 Å². The van der Waals surface area contributed by atoms with Gasteiger partial charge in [-0.3, -0.25) is 4.79 Å². The molecular formula is C13H15ClN2O. The van der Waals surface area contributed by atoms with E-state index >= 15 is 0 Å². The summed E-state index contributed by atoms with van der Waals surface area (Å²) in [5.41, 5.74) is 1.96. The van der Waals surface area contributed by atoms with Crippen LogP contribution in [0.15, 0.2) is 18.2 Å². The molecule has 2 aliphatic rings. The number of carbonyl (C=O) groups excluding carboxylic acids is 1. The first-order valence-corrected chi connectivity index (χ1v) is 6.50. The highest BCUT2D eigenvalue weighted by Gasteiger charge is 2.33. The van der Waals surface area contributed by atoms with Gasteiger partial charge in [0, 0.05) is 11.6 Å². The lowest BCUT2D eigenvalue weighted by Gasteiger charge is -2.36. The zero-order chi connectivity index (χ0) is 11.8. The standard InChI is InChI=1S/C13H15ClN2O/c14-9-5-6-11-10(8-9)15-13(17)12-4-2-1-3-7-16(11)12/h5-6,8,12H,1-4,7H2,(H,15,17). The van der Waals surface area contributed by atoms with E-state index in [0.29, 0.717) is 5.02 Å². The van der Waals surface area contributed by atoms with Crippen LogP contribution in [0.4, 0.5) is 11.4 Å². The van der Waals surface area contributed by atoms with Crippen molar-refractivity contribution in [3.63, 3.8) is 0 Å². The number of fused-ring (bicyclic) bond motifs is 3. The van der Waals surface area contributed by atoms with Gasteiger partial charge in [-0.15, -0.1) is 0 Å². The fourth-order valence-electron chi connectivity index (χ4n) is 2.74. The first-order valence-electron chi connectivity index (χ1n) is 6.13. The van der Waals surface area contributed by atoms with Crippen LogP contribution in [0.5, 0.6) is 0 Å². The molecule has 4 heteroatoms. The van der Waals surface area contributed by atoms with Crippen LogP contribution in [0.2, 0.25) is 5.02 Å². The third kappa shape index (κ3) is 1.89. The topological polar surface area (TPSA) is 32.3 Å². The molecule has 1 amide bonds. The lowest BCUT2D eigenvalue weighted by molar-refractivity contribution is -0.117. The first-order chi connectivity index (χ1) is 8.25. The smallest absolute Gasteiger partial charge is 0.247 e. The van der Waals surface area contributed by atoms with Gasteiger partial charge in [-0.1, -0.05) is 24.4 Å². The second-order valence-electron chi connectivity index (χ2n) is 4.71. The Morgan fingerprint density at radius 2 is 2.18 bits per heavy atom. The maximum absolute atomic E-state index is 12.1. The summed E-state index contributed by atoms with van der Waals surface area (Å²) in [7, 11) is 0. The summed E-state index contributed by atoms with van der Waals surface area (Å²) in [4.78, 5) is 14.3. The molecule has 0 saturated carbocycles. The second-order valence-corrected chi connectivity index (χ2v) is 5.15. The van der Waals surface area contributed by atoms with E-state index in [9.17, 15) is 4.79 Å². The zero-order valence-electron chi connectivity index (χ0n) is 9.58. The van der Waals surface area contributed by atoms with E-state index in [1.807, 2.05) is 18.2 Å². The van der Waals surface area contributed by atoms with Gasteiger partial charge in [-0.05, 0) is 31.0 Å². The van der Waals surface area contributed by atoms with Gasteiger partial charge < -0.3 is 10.2 Å². The van der Waals surface area contributed by atoms with E-state index in [-0.39, 0.29) is 11.9 Å². The molecule has 1 aromatic rings. The van der Waals surface area contributed by atoms with Gasteiger partial charge in [-0.25, -0.2) is 0 Å². The van der Waals surface area contributed by atoms with Crippen LogP contribution < -0.4 is 10.2 Å². The van der Waals surface area contributed by atoms with Crippen molar-refractivity contribution in [2.75, 3.05) is 16.8 Å². The normalized spacial score (nSPS) is 23.5. The molecule has 1 saturated heterocycles. The van der Waals surface area contributed by atoms with E-state index in [0.717, 1.165) is 37.2 Å². The van der Waals surface area contributed by atoms with Crippen molar-refractivity contribution in [2.24, 2.45) is 0 Å². The number of hydrogen-bond acceptors (Lipinski definition) is 2. The molecule has 2 heterocycles. The largest absolute Gasteiger partial charge is 0.358 e. The Hall–Kier alpha value is -1.22. The Balaban J connectivity index is 2.04. The predicted octanol–water partition coefficient (Wildman–Crippen LogP) is 3.04. The molecule has 1 fully saturated rings. The van der Waals surface area contributed by atoms with E-state index in [4.69, 9.17) is 11.6 Å². The number of nitrogens with zero attached hydrogens (tertiary/aromatic N) is 1. The SMILES string of the molecule is O=C1Nc2cc(Cl)ccc2N2CCCCCC12. The fraction of sp³-hybridized carbons (Fsp3) is 0.462. The number of carbonyl (C=O) groups is 1. The lowest BCUT2D eigenvalue weighted by Crippen LogP contribution is -2.47. The Morgan fingerprint density at radius 1 is 1.29 bits per heavy atom. The number of amides is 1. The number of anilines is 2. The average Bonchev–Trinajstić information content (AvgIpc) is 2.54. The molecule has 2 aliphatic heterocycles. The highest BCUT2D eigenvalue weighted by molar-refractivity contribution is 6.31. The number of nitrogens with one attached hydrogen (secondary N) is 1. The van der Waals surface area contributed by atoms with Gasteiger partial charge in [0.15, 0.2) is 0 Å². The Bertz CT molecular complexity index is 461. The third-order valence-electron chi connectivity index (χ3n) is 3.58. The van der Waals surface area contributed by atoms with Gasteiger partial charge in [0.2, 0.25) is 5.91 Å². The number of benzene rings is 1. The molecule has 3 nitrogen and oxygen atoms in total. The van der Waals surface area contributed by atoms with Crippen molar-refractivity contribution in [2.45, 2.75) is 31.7 Å². The van der Waals surface area contributed by atoms with Crippen molar-refractivity contribution in [1.29, 1.82) is 0 Å². The lowest BCUT2D eigenvalue weighted by atomic mass is 10.0. The maximum atomic E-state index is 12.1. The third-order valence-corrected chi connectivity index (χ3v) is 3.82. The monoisotopic (exact) mass is 250 g/mol. The van der Waals surface area contributed by atoms with Gasteiger partial charge >= 0.3 is 0 Å². The molecular weight excluding hydrogens is 236 g/mol.